The Hall–Kier alpha value is -0.0300. The first kappa shape index (κ1) is 19.3. The van der Waals surface area contributed by atoms with E-state index < -0.39 is 0 Å². The highest BCUT2D eigenvalue weighted by molar-refractivity contribution is 5.85. The van der Waals surface area contributed by atoms with Crippen LogP contribution in [0.1, 0.15) is 19.3 Å². The Morgan fingerprint density at radius 2 is 1.82 bits per heavy atom. The lowest BCUT2D eigenvalue weighted by molar-refractivity contribution is -0.132. The highest BCUT2D eigenvalue weighted by Crippen LogP contribution is 2.18. The standard InChI is InChI=1S/C11H23N3O.2ClH/c1-13(2)9-10-4-7-14(8-5-10)11(15)3-6-12;;/h10H,3-9,12H2,1-2H3;2*1H. The molecular formula is C11H25Cl2N3O. The van der Waals surface area contributed by atoms with E-state index in [0.717, 1.165) is 38.4 Å². The van der Waals surface area contributed by atoms with E-state index in [9.17, 15) is 4.79 Å². The van der Waals surface area contributed by atoms with Gasteiger partial charge in [0.25, 0.3) is 0 Å². The zero-order valence-electron chi connectivity index (χ0n) is 10.7. The molecule has 6 heteroatoms. The fraction of sp³-hybridized carbons (Fsp3) is 0.909. The minimum Gasteiger partial charge on any atom is -0.343 e. The van der Waals surface area contributed by atoms with Crippen LogP contribution in [0.3, 0.4) is 0 Å². The Morgan fingerprint density at radius 3 is 2.24 bits per heavy atom. The number of rotatable bonds is 4. The molecule has 0 aliphatic carbocycles. The molecule has 0 saturated carbocycles. The van der Waals surface area contributed by atoms with Crippen molar-refractivity contribution in [1.82, 2.24) is 9.80 Å². The normalized spacial score (nSPS) is 16.4. The Morgan fingerprint density at radius 1 is 1.29 bits per heavy atom. The number of amides is 1. The molecule has 0 aromatic carbocycles. The number of nitrogens with two attached hydrogens (primary N) is 1. The second-order valence-electron chi connectivity index (χ2n) is 4.63. The van der Waals surface area contributed by atoms with Crippen molar-refractivity contribution in [2.75, 3.05) is 40.3 Å². The third-order valence-electron chi connectivity index (χ3n) is 2.95. The predicted molar refractivity (Wildman–Crippen MR) is 76.0 cm³/mol. The topological polar surface area (TPSA) is 49.6 Å². The highest BCUT2D eigenvalue weighted by Gasteiger charge is 2.22. The Bertz CT molecular complexity index is 207. The minimum atomic E-state index is 0. The zero-order chi connectivity index (χ0) is 11.3. The number of halogens is 2. The van der Waals surface area contributed by atoms with Gasteiger partial charge in [-0.05, 0) is 32.9 Å². The Balaban J connectivity index is 0. The van der Waals surface area contributed by atoms with Gasteiger partial charge in [-0.1, -0.05) is 0 Å². The maximum absolute atomic E-state index is 11.6. The first-order valence-corrected chi connectivity index (χ1v) is 5.76. The van der Waals surface area contributed by atoms with Crippen LogP contribution in [0.2, 0.25) is 0 Å². The summed E-state index contributed by atoms with van der Waals surface area (Å²) in [7, 11) is 4.21. The summed E-state index contributed by atoms with van der Waals surface area (Å²) in [6, 6.07) is 0. The molecule has 1 heterocycles. The molecule has 0 unspecified atom stereocenters. The van der Waals surface area contributed by atoms with Crippen molar-refractivity contribution in [3.8, 4) is 0 Å². The van der Waals surface area contributed by atoms with Crippen LogP contribution in [-0.4, -0.2) is 56.0 Å². The van der Waals surface area contributed by atoms with E-state index in [2.05, 4.69) is 19.0 Å². The van der Waals surface area contributed by atoms with Gasteiger partial charge in [0.1, 0.15) is 0 Å². The molecule has 1 amide bonds. The summed E-state index contributed by atoms with van der Waals surface area (Å²) in [5, 5.41) is 0. The van der Waals surface area contributed by atoms with Gasteiger partial charge in [-0.15, -0.1) is 24.8 Å². The van der Waals surface area contributed by atoms with Crippen LogP contribution in [0.5, 0.6) is 0 Å². The summed E-state index contributed by atoms with van der Waals surface area (Å²) >= 11 is 0. The number of likely N-dealkylation sites (tertiary alicyclic amines) is 1. The third-order valence-corrected chi connectivity index (χ3v) is 2.95. The van der Waals surface area contributed by atoms with Gasteiger partial charge in [0.05, 0.1) is 0 Å². The van der Waals surface area contributed by atoms with Crippen LogP contribution in [0.15, 0.2) is 0 Å². The zero-order valence-corrected chi connectivity index (χ0v) is 12.4. The van der Waals surface area contributed by atoms with Crippen molar-refractivity contribution < 1.29 is 4.79 Å². The molecule has 0 atom stereocenters. The number of carbonyl (C=O) groups excluding carboxylic acids is 1. The first-order valence-electron chi connectivity index (χ1n) is 5.76. The molecule has 17 heavy (non-hydrogen) atoms. The SMILES string of the molecule is CN(C)CC1CCN(C(=O)CCN)CC1.Cl.Cl. The lowest BCUT2D eigenvalue weighted by Gasteiger charge is -2.33. The van der Waals surface area contributed by atoms with Crippen LogP contribution in [-0.2, 0) is 4.79 Å². The molecule has 1 saturated heterocycles. The lowest BCUT2D eigenvalue weighted by Crippen LogP contribution is -2.41. The number of hydrogen-bond donors (Lipinski definition) is 1. The fourth-order valence-electron chi connectivity index (χ4n) is 2.16. The molecule has 1 aliphatic rings. The number of nitrogens with zero attached hydrogens (tertiary/aromatic N) is 2. The van der Waals surface area contributed by atoms with Crippen molar-refractivity contribution >= 4 is 30.7 Å². The van der Waals surface area contributed by atoms with Crippen molar-refractivity contribution in [3.05, 3.63) is 0 Å². The van der Waals surface area contributed by atoms with Gasteiger partial charge in [-0.3, -0.25) is 4.79 Å². The van der Waals surface area contributed by atoms with E-state index >= 15 is 0 Å². The van der Waals surface area contributed by atoms with Gasteiger partial charge < -0.3 is 15.5 Å². The van der Waals surface area contributed by atoms with Gasteiger partial charge >= 0.3 is 0 Å². The molecule has 0 aromatic heterocycles. The maximum Gasteiger partial charge on any atom is 0.223 e. The van der Waals surface area contributed by atoms with E-state index in [-0.39, 0.29) is 30.7 Å². The first-order chi connectivity index (χ1) is 7.13. The molecule has 0 bridgehead atoms. The van der Waals surface area contributed by atoms with Crippen LogP contribution in [0.25, 0.3) is 0 Å². The molecular weight excluding hydrogens is 261 g/mol. The van der Waals surface area contributed by atoms with Crippen molar-refractivity contribution in [2.45, 2.75) is 19.3 Å². The van der Waals surface area contributed by atoms with E-state index in [0.29, 0.717) is 13.0 Å². The largest absolute Gasteiger partial charge is 0.343 e. The van der Waals surface area contributed by atoms with E-state index in [4.69, 9.17) is 5.73 Å². The summed E-state index contributed by atoms with van der Waals surface area (Å²) in [6.07, 6.45) is 2.77. The summed E-state index contributed by atoms with van der Waals surface area (Å²) in [4.78, 5) is 15.7. The minimum absolute atomic E-state index is 0. The van der Waals surface area contributed by atoms with E-state index in [1.165, 1.54) is 0 Å². The van der Waals surface area contributed by atoms with Crippen molar-refractivity contribution in [2.24, 2.45) is 11.7 Å². The summed E-state index contributed by atoms with van der Waals surface area (Å²) in [5.74, 6) is 0.975. The molecule has 0 spiro atoms. The summed E-state index contributed by atoms with van der Waals surface area (Å²) in [5.41, 5.74) is 5.38. The average molecular weight is 286 g/mol. The summed E-state index contributed by atoms with van der Waals surface area (Å²) < 4.78 is 0. The maximum atomic E-state index is 11.6. The molecule has 1 aliphatic heterocycles. The molecule has 104 valence electrons. The Labute approximate surface area is 117 Å². The average Bonchev–Trinajstić information content (AvgIpc) is 2.18. The van der Waals surface area contributed by atoms with Gasteiger partial charge in [0.15, 0.2) is 0 Å². The second-order valence-corrected chi connectivity index (χ2v) is 4.63. The summed E-state index contributed by atoms with van der Waals surface area (Å²) in [6.45, 7) is 3.43. The second kappa shape index (κ2) is 9.95. The van der Waals surface area contributed by atoms with Crippen molar-refractivity contribution in [3.63, 3.8) is 0 Å². The number of hydrogen-bond acceptors (Lipinski definition) is 3. The number of carbonyl (C=O) groups is 1. The highest BCUT2D eigenvalue weighted by atomic mass is 35.5. The molecule has 0 aromatic rings. The fourth-order valence-corrected chi connectivity index (χ4v) is 2.16. The van der Waals surface area contributed by atoms with E-state index in [1.807, 2.05) is 4.90 Å². The van der Waals surface area contributed by atoms with Gasteiger partial charge in [0.2, 0.25) is 5.91 Å². The Kier molecular flexibility index (Phi) is 11.3. The lowest BCUT2D eigenvalue weighted by atomic mass is 9.96. The number of piperidine rings is 1. The quantitative estimate of drug-likeness (QED) is 0.838. The van der Waals surface area contributed by atoms with Gasteiger partial charge in [0, 0.05) is 32.6 Å². The van der Waals surface area contributed by atoms with Crippen LogP contribution < -0.4 is 5.73 Å². The molecule has 1 fully saturated rings. The molecule has 2 N–H and O–H groups in total. The van der Waals surface area contributed by atoms with E-state index in [1.54, 1.807) is 0 Å². The van der Waals surface area contributed by atoms with Gasteiger partial charge in [-0.2, -0.15) is 0 Å². The molecule has 4 nitrogen and oxygen atoms in total. The molecule has 1 rings (SSSR count). The van der Waals surface area contributed by atoms with Crippen LogP contribution >= 0.6 is 24.8 Å². The smallest absolute Gasteiger partial charge is 0.223 e. The molecule has 0 radical (unpaired) electrons. The predicted octanol–water partition coefficient (Wildman–Crippen LogP) is 0.979. The monoisotopic (exact) mass is 285 g/mol. The van der Waals surface area contributed by atoms with Crippen LogP contribution in [0.4, 0.5) is 0 Å². The third kappa shape index (κ3) is 7.09. The van der Waals surface area contributed by atoms with Crippen molar-refractivity contribution in [1.29, 1.82) is 0 Å². The van der Waals surface area contributed by atoms with Crippen LogP contribution in [0, 0.1) is 5.92 Å². The van der Waals surface area contributed by atoms with Gasteiger partial charge in [-0.25, -0.2) is 0 Å².